The molecule has 0 bridgehead atoms. The van der Waals surface area contributed by atoms with E-state index in [-0.39, 0.29) is 6.03 Å². The lowest BCUT2D eigenvalue weighted by atomic mass is 10.5. The van der Waals surface area contributed by atoms with E-state index in [0.717, 1.165) is 0 Å². The molecule has 5 nitrogen and oxygen atoms in total. The third-order valence-electron chi connectivity index (χ3n) is 1.42. The highest BCUT2D eigenvalue weighted by Crippen LogP contribution is 1.87. The second-order valence-electron chi connectivity index (χ2n) is 2.72. The third kappa shape index (κ3) is 3.06. The summed E-state index contributed by atoms with van der Waals surface area (Å²) in [5.74, 6) is 0.609. The van der Waals surface area contributed by atoms with Crippen molar-refractivity contribution in [1.29, 1.82) is 0 Å². The molecule has 0 aromatic carbocycles. The fraction of sp³-hybridized carbons (Fsp3) is 0.375. The number of carbonyl (C=O) groups is 1. The molecular formula is C8H12N4O. The van der Waals surface area contributed by atoms with Gasteiger partial charge in [0.25, 0.3) is 0 Å². The Morgan fingerprint density at radius 2 is 2.08 bits per heavy atom. The Morgan fingerprint density at radius 3 is 2.62 bits per heavy atom. The second kappa shape index (κ2) is 4.39. The van der Waals surface area contributed by atoms with Crippen LogP contribution in [-0.4, -0.2) is 35.0 Å². The normalized spacial score (nSPS) is 9.38. The number of hydrogen-bond donors (Lipinski definition) is 1. The van der Waals surface area contributed by atoms with Gasteiger partial charge >= 0.3 is 6.03 Å². The molecule has 0 atom stereocenters. The van der Waals surface area contributed by atoms with Crippen LogP contribution in [0.4, 0.5) is 4.79 Å². The van der Waals surface area contributed by atoms with E-state index in [2.05, 4.69) is 15.3 Å². The van der Waals surface area contributed by atoms with Gasteiger partial charge in [0.1, 0.15) is 5.82 Å². The van der Waals surface area contributed by atoms with Crippen molar-refractivity contribution in [1.82, 2.24) is 20.2 Å². The summed E-state index contributed by atoms with van der Waals surface area (Å²) in [6.45, 7) is 0.359. The summed E-state index contributed by atoms with van der Waals surface area (Å²) in [6.07, 6.45) is 3.29. The number of nitrogens with one attached hydrogen (secondary N) is 1. The molecule has 1 aromatic rings. The summed E-state index contributed by atoms with van der Waals surface area (Å²) < 4.78 is 0. The zero-order chi connectivity index (χ0) is 9.68. The number of hydrogen-bond acceptors (Lipinski definition) is 3. The van der Waals surface area contributed by atoms with Crippen LogP contribution in [0.3, 0.4) is 0 Å². The van der Waals surface area contributed by atoms with Crippen LogP contribution in [0.1, 0.15) is 5.82 Å². The predicted octanol–water partition coefficient (Wildman–Crippen LogP) is 0.248. The van der Waals surface area contributed by atoms with E-state index in [0.29, 0.717) is 12.4 Å². The molecule has 0 aliphatic carbocycles. The van der Waals surface area contributed by atoms with E-state index >= 15 is 0 Å². The van der Waals surface area contributed by atoms with E-state index in [9.17, 15) is 4.79 Å². The Balaban J connectivity index is 2.40. The van der Waals surface area contributed by atoms with Crippen molar-refractivity contribution in [3.8, 4) is 0 Å². The van der Waals surface area contributed by atoms with Crippen molar-refractivity contribution in [2.45, 2.75) is 6.54 Å². The van der Waals surface area contributed by atoms with Crippen LogP contribution >= 0.6 is 0 Å². The quantitative estimate of drug-likeness (QED) is 0.709. The van der Waals surface area contributed by atoms with Gasteiger partial charge in [-0.05, 0) is 6.07 Å². The van der Waals surface area contributed by atoms with Gasteiger partial charge in [-0.3, -0.25) is 0 Å². The van der Waals surface area contributed by atoms with Crippen LogP contribution in [0.25, 0.3) is 0 Å². The standard InChI is InChI=1S/C8H12N4O/c1-12(2)8(13)11-6-7-9-4-3-5-10-7/h3-5H,6H2,1-2H3,(H,11,13). The third-order valence-corrected chi connectivity index (χ3v) is 1.42. The fourth-order valence-corrected chi connectivity index (χ4v) is 0.734. The number of carbonyl (C=O) groups excluding carboxylic acids is 1. The topological polar surface area (TPSA) is 58.1 Å². The first-order valence-electron chi connectivity index (χ1n) is 3.91. The smallest absolute Gasteiger partial charge is 0.317 e. The maximum atomic E-state index is 11.1. The molecule has 0 saturated carbocycles. The highest BCUT2D eigenvalue weighted by molar-refractivity contribution is 5.73. The van der Waals surface area contributed by atoms with Crippen LogP contribution in [-0.2, 0) is 6.54 Å². The van der Waals surface area contributed by atoms with Gasteiger partial charge in [-0.15, -0.1) is 0 Å². The molecule has 1 aromatic heterocycles. The van der Waals surface area contributed by atoms with Crippen molar-refractivity contribution < 1.29 is 4.79 Å². The predicted molar refractivity (Wildman–Crippen MR) is 48.0 cm³/mol. The molecule has 0 aliphatic rings. The molecule has 0 radical (unpaired) electrons. The molecule has 0 fully saturated rings. The maximum absolute atomic E-state index is 11.1. The summed E-state index contributed by atoms with van der Waals surface area (Å²) >= 11 is 0. The fourth-order valence-electron chi connectivity index (χ4n) is 0.734. The Kier molecular flexibility index (Phi) is 3.19. The Hall–Kier alpha value is -1.65. The molecule has 0 unspecified atom stereocenters. The largest absolute Gasteiger partial charge is 0.331 e. The first-order chi connectivity index (χ1) is 6.20. The lowest BCUT2D eigenvalue weighted by molar-refractivity contribution is 0.216. The number of nitrogens with zero attached hydrogens (tertiary/aromatic N) is 3. The van der Waals surface area contributed by atoms with Gasteiger partial charge in [-0.25, -0.2) is 14.8 Å². The number of amides is 2. The number of aromatic nitrogens is 2. The van der Waals surface area contributed by atoms with Gasteiger partial charge in [-0.1, -0.05) is 0 Å². The average molecular weight is 180 g/mol. The van der Waals surface area contributed by atoms with Crippen LogP contribution < -0.4 is 5.32 Å². The molecule has 0 aliphatic heterocycles. The highest BCUT2D eigenvalue weighted by atomic mass is 16.2. The minimum absolute atomic E-state index is 0.146. The van der Waals surface area contributed by atoms with Gasteiger partial charge in [0.15, 0.2) is 0 Å². The summed E-state index contributed by atoms with van der Waals surface area (Å²) in [7, 11) is 3.36. The Morgan fingerprint density at radius 1 is 1.46 bits per heavy atom. The summed E-state index contributed by atoms with van der Waals surface area (Å²) in [5, 5.41) is 2.66. The second-order valence-corrected chi connectivity index (χ2v) is 2.72. The molecular weight excluding hydrogens is 168 g/mol. The molecule has 1 rings (SSSR count). The lowest BCUT2D eigenvalue weighted by Gasteiger charge is -2.10. The van der Waals surface area contributed by atoms with Crippen molar-refractivity contribution >= 4 is 6.03 Å². The number of rotatable bonds is 2. The monoisotopic (exact) mass is 180 g/mol. The summed E-state index contributed by atoms with van der Waals surface area (Å²) in [6, 6.07) is 1.59. The first kappa shape index (κ1) is 9.44. The minimum Gasteiger partial charge on any atom is -0.331 e. The summed E-state index contributed by atoms with van der Waals surface area (Å²) in [5.41, 5.74) is 0. The van der Waals surface area contributed by atoms with E-state index in [1.807, 2.05) is 0 Å². The van der Waals surface area contributed by atoms with Crippen molar-refractivity contribution in [3.63, 3.8) is 0 Å². The van der Waals surface area contributed by atoms with Crippen molar-refractivity contribution in [2.24, 2.45) is 0 Å². The van der Waals surface area contributed by atoms with Crippen molar-refractivity contribution in [3.05, 3.63) is 24.3 Å². The molecule has 70 valence electrons. The van der Waals surface area contributed by atoms with Crippen molar-refractivity contribution in [2.75, 3.05) is 14.1 Å². The highest BCUT2D eigenvalue weighted by Gasteiger charge is 2.02. The van der Waals surface area contributed by atoms with Gasteiger partial charge in [-0.2, -0.15) is 0 Å². The molecule has 0 saturated heterocycles. The number of urea groups is 1. The van der Waals surface area contributed by atoms with E-state index in [4.69, 9.17) is 0 Å². The zero-order valence-electron chi connectivity index (χ0n) is 7.69. The lowest BCUT2D eigenvalue weighted by Crippen LogP contribution is -2.34. The van der Waals surface area contributed by atoms with Gasteiger partial charge in [0.05, 0.1) is 6.54 Å². The van der Waals surface area contributed by atoms with Crippen LogP contribution in [0.2, 0.25) is 0 Å². The van der Waals surface area contributed by atoms with Crippen LogP contribution in [0, 0.1) is 0 Å². The zero-order valence-corrected chi connectivity index (χ0v) is 7.69. The molecule has 13 heavy (non-hydrogen) atoms. The first-order valence-corrected chi connectivity index (χ1v) is 3.91. The Bertz CT molecular complexity index is 273. The molecule has 1 heterocycles. The Labute approximate surface area is 76.8 Å². The van der Waals surface area contributed by atoms with Crippen LogP contribution in [0.5, 0.6) is 0 Å². The average Bonchev–Trinajstić information content (AvgIpc) is 2.15. The van der Waals surface area contributed by atoms with Crippen LogP contribution in [0.15, 0.2) is 18.5 Å². The SMILES string of the molecule is CN(C)C(=O)NCc1ncccn1. The van der Waals surface area contributed by atoms with Gasteiger partial charge < -0.3 is 10.2 Å². The van der Waals surface area contributed by atoms with E-state index in [1.165, 1.54) is 4.90 Å². The van der Waals surface area contributed by atoms with Gasteiger partial charge in [0, 0.05) is 26.5 Å². The summed E-state index contributed by atoms with van der Waals surface area (Å²) in [4.78, 5) is 20.5. The molecule has 5 heteroatoms. The van der Waals surface area contributed by atoms with E-state index < -0.39 is 0 Å². The molecule has 1 N–H and O–H groups in total. The molecule has 0 spiro atoms. The van der Waals surface area contributed by atoms with E-state index in [1.54, 1.807) is 32.6 Å². The molecule has 2 amide bonds. The minimum atomic E-state index is -0.146. The maximum Gasteiger partial charge on any atom is 0.317 e. The van der Waals surface area contributed by atoms with Gasteiger partial charge in [0.2, 0.25) is 0 Å².